The summed E-state index contributed by atoms with van der Waals surface area (Å²) in [5.41, 5.74) is 0. The molecule has 1 saturated heterocycles. The van der Waals surface area contributed by atoms with Gasteiger partial charge < -0.3 is 15.5 Å². The van der Waals surface area contributed by atoms with Gasteiger partial charge in [0.1, 0.15) is 6.04 Å². The van der Waals surface area contributed by atoms with Crippen molar-refractivity contribution >= 4 is 17.7 Å². The number of unbranched alkanes of at least 4 members (excludes halogenated alkanes) is 1. The number of rotatable bonds is 6. The second-order valence-corrected chi connectivity index (χ2v) is 5.14. The Hall–Kier alpha value is -1.80. The van der Waals surface area contributed by atoms with Gasteiger partial charge in [0.2, 0.25) is 11.8 Å². The lowest BCUT2D eigenvalue weighted by Crippen LogP contribution is -2.50. The Labute approximate surface area is 126 Å². The monoisotopic (exact) mass is 323 g/mol. The van der Waals surface area contributed by atoms with E-state index in [1.807, 2.05) is 0 Å². The van der Waals surface area contributed by atoms with Crippen molar-refractivity contribution in [1.29, 1.82) is 0 Å². The molecule has 1 aliphatic heterocycles. The van der Waals surface area contributed by atoms with Gasteiger partial charge in [-0.15, -0.1) is 0 Å². The molecule has 1 rings (SSSR count). The van der Waals surface area contributed by atoms with Gasteiger partial charge in [0.25, 0.3) is 0 Å². The van der Waals surface area contributed by atoms with Crippen LogP contribution in [-0.4, -0.2) is 54.5 Å². The molecule has 1 heterocycles. The number of hydrogen-bond acceptors (Lipinski definition) is 3. The molecular formula is C13H20F3N3O3. The molecule has 0 spiro atoms. The Morgan fingerprint density at radius 1 is 1.14 bits per heavy atom. The molecule has 0 aromatic carbocycles. The van der Waals surface area contributed by atoms with E-state index in [1.54, 1.807) is 0 Å². The smallest absolute Gasteiger partial charge is 0.356 e. The molecule has 1 unspecified atom stereocenters. The Kier molecular flexibility index (Phi) is 6.63. The molecule has 22 heavy (non-hydrogen) atoms. The van der Waals surface area contributed by atoms with E-state index < -0.39 is 24.0 Å². The van der Waals surface area contributed by atoms with Crippen LogP contribution in [0.3, 0.4) is 0 Å². The summed E-state index contributed by atoms with van der Waals surface area (Å²) < 4.78 is 37.3. The summed E-state index contributed by atoms with van der Waals surface area (Å²) in [4.78, 5) is 34.3. The van der Waals surface area contributed by atoms with Gasteiger partial charge in [0.05, 0.1) is 0 Å². The molecule has 1 aliphatic rings. The summed E-state index contributed by atoms with van der Waals surface area (Å²) in [5, 5.41) is 5.13. The van der Waals surface area contributed by atoms with Gasteiger partial charge in [-0.05, 0) is 25.7 Å². The van der Waals surface area contributed by atoms with Crippen LogP contribution in [0.2, 0.25) is 0 Å². The predicted octanol–water partition coefficient (Wildman–Crippen LogP) is 0.572. The summed E-state index contributed by atoms with van der Waals surface area (Å²) in [6.45, 7) is 2.11. The predicted molar refractivity (Wildman–Crippen MR) is 71.7 cm³/mol. The number of alkyl halides is 3. The van der Waals surface area contributed by atoms with Crippen LogP contribution >= 0.6 is 0 Å². The van der Waals surface area contributed by atoms with E-state index in [0.29, 0.717) is 37.3 Å². The summed E-state index contributed by atoms with van der Waals surface area (Å²) in [6.07, 6.45) is -3.11. The minimum Gasteiger partial charge on any atom is -0.356 e. The Morgan fingerprint density at radius 2 is 1.73 bits per heavy atom. The van der Waals surface area contributed by atoms with Crippen molar-refractivity contribution in [1.82, 2.24) is 15.5 Å². The van der Waals surface area contributed by atoms with E-state index in [2.05, 4.69) is 10.6 Å². The first kappa shape index (κ1) is 18.2. The summed E-state index contributed by atoms with van der Waals surface area (Å²) in [5.74, 6) is -2.67. The maximum atomic E-state index is 12.4. The van der Waals surface area contributed by atoms with E-state index in [4.69, 9.17) is 0 Å². The quantitative estimate of drug-likeness (QED) is 0.702. The first-order valence-electron chi connectivity index (χ1n) is 7.13. The van der Waals surface area contributed by atoms with Gasteiger partial charge >= 0.3 is 12.1 Å². The number of carbonyl (C=O) groups is 3. The third-order valence-electron chi connectivity index (χ3n) is 3.34. The van der Waals surface area contributed by atoms with Crippen molar-refractivity contribution in [3.05, 3.63) is 0 Å². The van der Waals surface area contributed by atoms with Crippen LogP contribution in [-0.2, 0) is 14.4 Å². The van der Waals surface area contributed by atoms with Crippen LogP contribution in [0.1, 0.15) is 32.6 Å². The summed E-state index contributed by atoms with van der Waals surface area (Å²) in [7, 11) is 0. The first-order valence-corrected chi connectivity index (χ1v) is 7.13. The lowest BCUT2D eigenvalue weighted by Gasteiger charge is -2.24. The molecule has 1 fully saturated rings. The van der Waals surface area contributed by atoms with Gasteiger partial charge in [0, 0.05) is 26.6 Å². The molecule has 1 atom stereocenters. The Morgan fingerprint density at radius 3 is 2.27 bits per heavy atom. The van der Waals surface area contributed by atoms with Crippen LogP contribution in [0.25, 0.3) is 0 Å². The van der Waals surface area contributed by atoms with E-state index in [9.17, 15) is 27.6 Å². The summed E-state index contributed by atoms with van der Waals surface area (Å²) >= 11 is 0. The van der Waals surface area contributed by atoms with E-state index >= 15 is 0 Å². The lowest BCUT2D eigenvalue weighted by atomic mass is 10.2. The number of carbonyl (C=O) groups excluding carboxylic acids is 3. The van der Waals surface area contributed by atoms with Crippen LogP contribution < -0.4 is 10.6 Å². The van der Waals surface area contributed by atoms with Gasteiger partial charge in [-0.3, -0.25) is 14.4 Å². The molecule has 0 aliphatic carbocycles. The zero-order valence-corrected chi connectivity index (χ0v) is 12.3. The highest BCUT2D eigenvalue weighted by molar-refractivity contribution is 5.90. The number of nitrogens with one attached hydrogen (secondary N) is 2. The molecule has 0 radical (unpaired) electrons. The van der Waals surface area contributed by atoms with Crippen molar-refractivity contribution < 1.29 is 27.6 Å². The van der Waals surface area contributed by atoms with Crippen molar-refractivity contribution in [2.75, 3.05) is 19.6 Å². The van der Waals surface area contributed by atoms with Crippen LogP contribution in [0.4, 0.5) is 13.2 Å². The molecule has 0 bridgehead atoms. The largest absolute Gasteiger partial charge is 0.471 e. The molecule has 2 N–H and O–H groups in total. The zero-order valence-electron chi connectivity index (χ0n) is 12.3. The van der Waals surface area contributed by atoms with E-state index in [1.165, 1.54) is 6.92 Å². The van der Waals surface area contributed by atoms with E-state index in [0.717, 1.165) is 0 Å². The molecular weight excluding hydrogens is 303 g/mol. The number of nitrogens with zero attached hydrogens (tertiary/aromatic N) is 1. The zero-order chi connectivity index (χ0) is 16.8. The SMILES string of the molecule is CC(=O)NCCCCNC(=O)C1CCCN1C(=O)C(F)(F)F. The van der Waals surface area contributed by atoms with Gasteiger partial charge in [-0.25, -0.2) is 0 Å². The summed E-state index contributed by atoms with van der Waals surface area (Å²) in [6, 6.07) is -1.05. The molecule has 6 nitrogen and oxygen atoms in total. The minimum atomic E-state index is -4.96. The lowest BCUT2D eigenvalue weighted by molar-refractivity contribution is -0.186. The highest BCUT2D eigenvalue weighted by Gasteiger charge is 2.47. The third kappa shape index (κ3) is 5.53. The average molecular weight is 323 g/mol. The van der Waals surface area contributed by atoms with Crippen molar-refractivity contribution in [2.24, 2.45) is 0 Å². The average Bonchev–Trinajstić information content (AvgIpc) is 2.89. The molecule has 0 aromatic rings. The number of hydrogen-bond donors (Lipinski definition) is 2. The Balaban J connectivity index is 2.35. The van der Waals surface area contributed by atoms with Gasteiger partial charge in [-0.1, -0.05) is 0 Å². The fraction of sp³-hybridized carbons (Fsp3) is 0.769. The molecule has 126 valence electrons. The third-order valence-corrected chi connectivity index (χ3v) is 3.34. The van der Waals surface area contributed by atoms with Crippen LogP contribution in [0.15, 0.2) is 0 Å². The maximum Gasteiger partial charge on any atom is 0.471 e. The fourth-order valence-electron chi connectivity index (χ4n) is 2.29. The van der Waals surface area contributed by atoms with Crippen molar-refractivity contribution in [3.8, 4) is 0 Å². The minimum absolute atomic E-state index is 0.0566. The van der Waals surface area contributed by atoms with Crippen molar-refractivity contribution in [3.63, 3.8) is 0 Å². The second-order valence-electron chi connectivity index (χ2n) is 5.14. The normalized spacial score (nSPS) is 18.2. The number of halogens is 3. The number of likely N-dealkylation sites (tertiary alicyclic amines) is 1. The van der Waals surface area contributed by atoms with Crippen LogP contribution in [0.5, 0.6) is 0 Å². The van der Waals surface area contributed by atoms with Crippen molar-refractivity contribution in [2.45, 2.75) is 44.8 Å². The Bertz CT molecular complexity index is 426. The molecule has 3 amide bonds. The van der Waals surface area contributed by atoms with Gasteiger partial charge in [0.15, 0.2) is 0 Å². The highest BCUT2D eigenvalue weighted by atomic mass is 19.4. The molecule has 0 aromatic heterocycles. The second kappa shape index (κ2) is 8.00. The standard InChI is InChI=1S/C13H20F3N3O3/c1-9(20)17-6-2-3-7-18-11(21)10-5-4-8-19(10)12(22)13(14,15)16/h10H,2-8H2,1H3,(H,17,20)(H,18,21). The molecule has 9 heteroatoms. The van der Waals surface area contributed by atoms with Gasteiger partial charge in [-0.2, -0.15) is 13.2 Å². The number of amides is 3. The van der Waals surface area contributed by atoms with E-state index in [-0.39, 0.29) is 18.9 Å². The fourth-order valence-corrected chi connectivity index (χ4v) is 2.29. The first-order chi connectivity index (χ1) is 10.2. The highest BCUT2D eigenvalue weighted by Crippen LogP contribution is 2.25. The maximum absolute atomic E-state index is 12.4. The molecule has 0 saturated carbocycles. The van der Waals surface area contributed by atoms with Crippen LogP contribution in [0, 0.1) is 0 Å². The topological polar surface area (TPSA) is 78.5 Å².